The van der Waals surface area contributed by atoms with Gasteiger partial charge in [-0.05, 0) is 19.3 Å². The number of aliphatic carboxylic acids is 1. The SMILES string of the molecule is CC[C@H](NS(=O)(=O)N(C)C1CCCCC1)C(=O)O. The Morgan fingerprint density at radius 2 is 1.94 bits per heavy atom. The van der Waals surface area contributed by atoms with E-state index in [9.17, 15) is 13.2 Å². The number of carboxylic acid groups (broad SMARTS) is 1. The van der Waals surface area contributed by atoms with Crippen LogP contribution in [0.2, 0.25) is 0 Å². The van der Waals surface area contributed by atoms with Crippen LogP contribution in [0.4, 0.5) is 0 Å². The Balaban J connectivity index is 2.69. The molecule has 0 radical (unpaired) electrons. The van der Waals surface area contributed by atoms with Gasteiger partial charge in [0.25, 0.3) is 10.2 Å². The maximum Gasteiger partial charge on any atom is 0.321 e. The number of carboxylic acids is 1. The summed E-state index contributed by atoms with van der Waals surface area (Å²) in [5.41, 5.74) is 0. The van der Waals surface area contributed by atoms with Gasteiger partial charge in [-0.25, -0.2) is 0 Å². The highest BCUT2D eigenvalue weighted by atomic mass is 32.2. The molecule has 1 aliphatic carbocycles. The molecular formula is C11H22N2O4S. The standard InChI is InChI=1S/C11H22N2O4S/c1-3-10(11(14)15)12-18(16,17)13(2)9-7-5-4-6-8-9/h9-10,12H,3-8H2,1-2H3,(H,14,15)/t10-/m0/s1. The van der Waals surface area contributed by atoms with Gasteiger partial charge in [-0.1, -0.05) is 26.2 Å². The molecule has 0 spiro atoms. The average molecular weight is 278 g/mol. The van der Waals surface area contributed by atoms with E-state index >= 15 is 0 Å². The third kappa shape index (κ3) is 3.93. The van der Waals surface area contributed by atoms with E-state index in [2.05, 4.69) is 4.72 Å². The molecule has 106 valence electrons. The van der Waals surface area contributed by atoms with Crippen molar-refractivity contribution in [2.45, 2.75) is 57.5 Å². The minimum Gasteiger partial charge on any atom is -0.480 e. The minimum absolute atomic E-state index is 0.0115. The molecule has 18 heavy (non-hydrogen) atoms. The molecule has 7 heteroatoms. The highest BCUT2D eigenvalue weighted by molar-refractivity contribution is 7.87. The lowest BCUT2D eigenvalue weighted by Crippen LogP contribution is -2.50. The van der Waals surface area contributed by atoms with Crippen molar-refractivity contribution in [3.05, 3.63) is 0 Å². The zero-order valence-corrected chi connectivity index (χ0v) is 11.7. The van der Waals surface area contributed by atoms with Crippen molar-refractivity contribution in [1.29, 1.82) is 0 Å². The lowest BCUT2D eigenvalue weighted by molar-refractivity contribution is -0.139. The molecule has 0 bridgehead atoms. The minimum atomic E-state index is -3.71. The summed E-state index contributed by atoms with van der Waals surface area (Å²) in [5, 5.41) is 8.88. The van der Waals surface area contributed by atoms with E-state index < -0.39 is 22.2 Å². The van der Waals surface area contributed by atoms with Gasteiger partial charge in [-0.3, -0.25) is 4.79 Å². The first kappa shape index (κ1) is 15.4. The van der Waals surface area contributed by atoms with E-state index in [4.69, 9.17) is 5.11 Å². The van der Waals surface area contributed by atoms with Crippen LogP contribution in [0.5, 0.6) is 0 Å². The Bertz CT molecular complexity index is 377. The predicted molar refractivity (Wildman–Crippen MR) is 68.4 cm³/mol. The molecule has 0 aliphatic heterocycles. The summed E-state index contributed by atoms with van der Waals surface area (Å²) in [6.07, 6.45) is 5.13. The second kappa shape index (κ2) is 6.49. The van der Waals surface area contributed by atoms with E-state index in [0.29, 0.717) is 0 Å². The lowest BCUT2D eigenvalue weighted by atomic mass is 9.96. The van der Waals surface area contributed by atoms with Crippen LogP contribution in [0.25, 0.3) is 0 Å². The zero-order valence-electron chi connectivity index (χ0n) is 10.9. The fourth-order valence-electron chi connectivity index (χ4n) is 2.21. The number of rotatable bonds is 6. The monoisotopic (exact) mass is 278 g/mol. The molecule has 0 aromatic heterocycles. The first-order valence-corrected chi connectivity index (χ1v) is 7.80. The molecule has 1 saturated carbocycles. The molecule has 1 aliphatic rings. The van der Waals surface area contributed by atoms with Crippen LogP contribution in [0.1, 0.15) is 45.4 Å². The summed E-state index contributed by atoms with van der Waals surface area (Å²) in [6.45, 7) is 1.64. The number of hydrogen-bond acceptors (Lipinski definition) is 3. The Labute approximate surface area is 109 Å². The maximum absolute atomic E-state index is 12.1. The summed E-state index contributed by atoms with van der Waals surface area (Å²) >= 11 is 0. The van der Waals surface area contributed by atoms with Crippen LogP contribution in [0.3, 0.4) is 0 Å². The molecule has 0 unspecified atom stereocenters. The summed E-state index contributed by atoms with van der Waals surface area (Å²) in [4.78, 5) is 10.9. The Morgan fingerprint density at radius 3 is 2.39 bits per heavy atom. The molecule has 0 amide bonds. The Morgan fingerprint density at radius 1 is 1.39 bits per heavy atom. The maximum atomic E-state index is 12.1. The lowest BCUT2D eigenvalue weighted by Gasteiger charge is -2.31. The van der Waals surface area contributed by atoms with Crippen molar-refractivity contribution >= 4 is 16.2 Å². The van der Waals surface area contributed by atoms with E-state index in [-0.39, 0.29) is 12.5 Å². The second-order valence-electron chi connectivity index (χ2n) is 4.73. The Kier molecular flexibility index (Phi) is 5.55. The average Bonchev–Trinajstić information content (AvgIpc) is 2.35. The van der Waals surface area contributed by atoms with E-state index in [0.717, 1.165) is 32.1 Å². The number of carbonyl (C=O) groups is 1. The number of nitrogens with one attached hydrogen (secondary N) is 1. The molecule has 0 heterocycles. The van der Waals surface area contributed by atoms with Crippen LogP contribution >= 0.6 is 0 Å². The summed E-state index contributed by atoms with van der Waals surface area (Å²) in [6, 6.07) is -1.07. The molecule has 0 aromatic carbocycles. The smallest absolute Gasteiger partial charge is 0.321 e. The third-order valence-corrected chi connectivity index (χ3v) is 5.10. The van der Waals surface area contributed by atoms with E-state index in [1.54, 1.807) is 6.92 Å². The molecule has 6 nitrogen and oxygen atoms in total. The van der Waals surface area contributed by atoms with Gasteiger partial charge in [0, 0.05) is 13.1 Å². The quantitative estimate of drug-likeness (QED) is 0.757. The van der Waals surface area contributed by atoms with Gasteiger partial charge < -0.3 is 5.11 Å². The molecule has 1 rings (SSSR count). The molecular weight excluding hydrogens is 256 g/mol. The van der Waals surface area contributed by atoms with Crippen molar-refractivity contribution in [1.82, 2.24) is 9.03 Å². The van der Waals surface area contributed by atoms with Crippen LogP contribution < -0.4 is 4.72 Å². The fourth-order valence-corrected chi connectivity index (χ4v) is 3.61. The normalized spacial score (nSPS) is 19.9. The van der Waals surface area contributed by atoms with Crippen molar-refractivity contribution < 1.29 is 18.3 Å². The number of hydrogen-bond donors (Lipinski definition) is 2. The van der Waals surface area contributed by atoms with Gasteiger partial charge >= 0.3 is 5.97 Å². The first-order valence-electron chi connectivity index (χ1n) is 6.36. The predicted octanol–water partition coefficient (Wildman–Crippen LogP) is 0.948. The Hall–Kier alpha value is -0.660. The van der Waals surface area contributed by atoms with Gasteiger partial charge in [-0.2, -0.15) is 17.4 Å². The topological polar surface area (TPSA) is 86.7 Å². The van der Waals surface area contributed by atoms with Crippen LogP contribution in [-0.2, 0) is 15.0 Å². The highest BCUT2D eigenvalue weighted by Gasteiger charge is 2.30. The van der Waals surface area contributed by atoms with Crippen molar-refractivity contribution in [2.75, 3.05) is 7.05 Å². The zero-order chi connectivity index (χ0) is 13.8. The van der Waals surface area contributed by atoms with Gasteiger partial charge in [0.05, 0.1) is 0 Å². The number of nitrogens with zero attached hydrogens (tertiary/aromatic N) is 1. The summed E-state index contributed by atoms with van der Waals surface area (Å²) in [5.74, 6) is -1.14. The van der Waals surface area contributed by atoms with Gasteiger partial charge in [0.1, 0.15) is 6.04 Å². The molecule has 0 aromatic rings. The van der Waals surface area contributed by atoms with Crippen LogP contribution in [0.15, 0.2) is 0 Å². The second-order valence-corrected chi connectivity index (χ2v) is 6.49. The van der Waals surface area contributed by atoms with Gasteiger partial charge in [0.2, 0.25) is 0 Å². The van der Waals surface area contributed by atoms with Crippen molar-refractivity contribution in [3.8, 4) is 0 Å². The highest BCUT2D eigenvalue weighted by Crippen LogP contribution is 2.23. The largest absolute Gasteiger partial charge is 0.480 e. The molecule has 1 atom stereocenters. The van der Waals surface area contributed by atoms with E-state index in [1.807, 2.05) is 0 Å². The van der Waals surface area contributed by atoms with Crippen molar-refractivity contribution in [3.63, 3.8) is 0 Å². The van der Waals surface area contributed by atoms with Gasteiger partial charge in [-0.15, -0.1) is 0 Å². The third-order valence-electron chi connectivity index (χ3n) is 3.47. The van der Waals surface area contributed by atoms with Crippen LogP contribution in [-0.4, -0.2) is 42.9 Å². The first-order chi connectivity index (χ1) is 8.38. The van der Waals surface area contributed by atoms with Crippen LogP contribution in [0, 0.1) is 0 Å². The molecule has 0 saturated heterocycles. The molecule has 2 N–H and O–H groups in total. The van der Waals surface area contributed by atoms with E-state index in [1.165, 1.54) is 11.4 Å². The molecule has 1 fully saturated rings. The van der Waals surface area contributed by atoms with Crippen molar-refractivity contribution in [2.24, 2.45) is 0 Å². The summed E-state index contributed by atoms with van der Waals surface area (Å²) < 4.78 is 27.6. The fraction of sp³-hybridized carbons (Fsp3) is 0.909. The van der Waals surface area contributed by atoms with Gasteiger partial charge in [0.15, 0.2) is 0 Å². The summed E-state index contributed by atoms with van der Waals surface area (Å²) in [7, 11) is -2.19.